The second-order valence-electron chi connectivity index (χ2n) is 6.77. The molecular formula is C21H15FN2O6S2. The highest BCUT2D eigenvalue weighted by molar-refractivity contribution is 7.93. The largest absolute Gasteiger partial charge is 0.611 e. The van der Waals surface area contributed by atoms with Gasteiger partial charge in [-0.1, -0.05) is 30.3 Å². The van der Waals surface area contributed by atoms with Crippen molar-refractivity contribution in [2.75, 3.05) is 4.72 Å². The highest BCUT2D eigenvalue weighted by atomic mass is 32.2. The predicted molar refractivity (Wildman–Crippen MR) is 117 cm³/mol. The van der Waals surface area contributed by atoms with E-state index in [1.807, 2.05) is 0 Å². The van der Waals surface area contributed by atoms with Crippen LogP contribution in [0.1, 0.15) is 5.56 Å². The third-order valence-corrected chi connectivity index (χ3v) is 7.18. The fraction of sp³-hybridized carbons (Fsp3) is 0.0476. The number of hydrogen-bond donors (Lipinski definition) is 1. The first-order chi connectivity index (χ1) is 15.2. The Bertz CT molecular complexity index is 1390. The Kier molecular flexibility index (Phi) is 5.87. The van der Waals surface area contributed by atoms with Crippen LogP contribution in [-0.2, 0) is 27.0 Å². The topological polar surface area (TPSA) is 126 Å². The molecule has 32 heavy (non-hydrogen) atoms. The molecule has 1 unspecified atom stereocenters. The monoisotopic (exact) mass is 474 g/mol. The summed E-state index contributed by atoms with van der Waals surface area (Å²) in [7, 11) is -4.25. The van der Waals surface area contributed by atoms with Gasteiger partial charge in [-0.2, -0.15) is 8.42 Å². The van der Waals surface area contributed by atoms with Crippen molar-refractivity contribution in [2.45, 2.75) is 15.7 Å². The van der Waals surface area contributed by atoms with Crippen molar-refractivity contribution < 1.29 is 26.7 Å². The summed E-state index contributed by atoms with van der Waals surface area (Å²) in [6.07, 6.45) is 0. The number of rotatable bonds is 7. The highest BCUT2D eigenvalue weighted by Gasteiger charge is 2.25. The number of hydrogen-bond acceptors (Lipinski definition) is 6. The second kappa shape index (κ2) is 8.61. The summed E-state index contributed by atoms with van der Waals surface area (Å²) < 4.78 is 60.1. The first-order valence-electron chi connectivity index (χ1n) is 9.15. The Hall–Kier alpha value is -3.41. The number of benzene rings is 3. The lowest BCUT2D eigenvalue weighted by molar-refractivity contribution is -0.384. The zero-order valence-electron chi connectivity index (χ0n) is 16.2. The lowest BCUT2D eigenvalue weighted by atomic mass is 10.2. The maximum atomic E-state index is 13.9. The van der Waals surface area contributed by atoms with Crippen molar-refractivity contribution in [2.24, 2.45) is 0 Å². The van der Waals surface area contributed by atoms with Crippen LogP contribution < -0.4 is 4.72 Å². The molecule has 0 aliphatic heterocycles. The lowest BCUT2D eigenvalue weighted by Crippen LogP contribution is -2.16. The maximum absolute atomic E-state index is 13.9. The van der Waals surface area contributed by atoms with Crippen molar-refractivity contribution in [1.29, 1.82) is 0 Å². The van der Waals surface area contributed by atoms with Gasteiger partial charge in [-0.25, -0.2) is 4.39 Å². The molecule has 0 fully saturated rings. The molecule has 0 saturated carbocycles. The van der Waals surface area contributed by atoms with Crippen molar-refractivity contribution in [3.8, 4) is 0 Å². The van der Waals surface area contributed by atoms with Crippen molar-refractivity contribution >= 4 is 43.5 Å². The van der Waals surface area contributed by atoms with Crippen LogP contribution in [0, 0.1) is 15.9 Å². The molecule has 0 amide bonds. The van der Waals surface area contributed by atoms with Gasteiger partial charge in [0.2, 0.25) is 5.09 Å². The molecule has 4 aromatic rings. The molecule has 0 spiro atoms. The molecule has 164 valence electrons. The number of sulfonamides is 1. The summed E-state index contributed by atoms with van der Waals surface area (Å²) in [5.74, 6) is -0.865. The van der Waals surface area contributed by atoms with E-state index >= 15 is 0 Å². The van der Waals surface area contributed by atoms with Gasteiger partial charge in [-0.15, -0.1) is 0 Å². The molecule has 1 N–H and O–H groups in total. The molecule has 4 rings (SSSR count). The van der Waals surface area contributed by atoms with Crippen LogP contribution in [0.15, 0.2) is 87.2 Å². The molecule has 1 aromatic heterocycles. The fourth-order valence-corrected chi connectivity index (χ4v) is 5.37. The first kappa shape index (κ1) is 21.8. The summed E-state index contributed by atoms with van der Waals surface area (Å²) in [4.78, 5) is 10.4. The van der Waals surface area contributed by atoms with E-state index in [-0.39, 0.29) is 27.1 Å². The minimum atomic E-state index is -4.25. The number of non-ortho nitro benzene ring substituents is 1. The van der Waals surface area contributed by atoms with Crippen molar-refractivity contribution in [3.05, 3.63) is 94.3 Å². The molecule has 0 radical (unpaired) electrons. The molecule has 11 heteroatoms. The molecule has 3 aromatic carbocycles. The van der Waals surface area contributed by atoms with Gasteiger partial charge in [-0.3, -0.25) is 14.8 Å². The smallest absolute Gasteiger partial charge is 0.295 e. The Labute approximate surface area is 185 Å². The van der Waals surface area contributed by atoms with Crippen LogP contribution in [-0.4, -0.2) is 17.9 Å². The molecule has 1 heterocycles. The number of nitrogens with zero attached hydrogens (tertiary/aromatic N) is 1. The molecule has 0 aliphatic carbocycles. The van der Waals surface area contributed by atoms with E-state index in [1.54, 1.807) is 30.3 Å². The van der Waals surface area contributed by atoms with Crippen LogP contribution in [0.25, 0.3) is 11.0 Å². The van der Waals surface area contributed by atoms with Gasteiger partial charge in [0.25, 0.3) is 15.7 Å². The Morgan fingerprint density at radius 3 is 2.56 bits per heavy atom. The normalized spacial score (nSPS) is 12.6. The third-order valence-electron chi connectivity index (χ3n) is 4.52. The van der Waals surface area contributed by atoms with Crippen LogP contribution >= 0.6 is 0 Å². The van der Waals surface area contributed by atoms with Gasteiger partial charge in [0.05, 0.1) is 4.92 Å². The quantitative estimate of drug-likeness (QED) is 0.237. The number of anilines is 1. The number of furan rings is 1. The van der Waals surface area contributed by atoms with E-state index in [9.17, 15) is 27.5 Å². The Morgan fingerprint density at radius 1 is 1.03 bits per heavy atom. The molecular weight excluding hydrogens is 459 g/mol. The number of halogens is 1. The van der Waals surface area contributed by atoms with Gasteiger partial charge in [0.15, 0.2) is 4.90 Å². The van der Waals surface area contributed by atoms with Crippen LogP contribution in [0.5, 0.6) is 0 Å². The van der Waals surface area contributed by atoms with E-state index in [2.05, 4.69) is 4.72 Å². The first-order valence-corrected chi connectivity index (χ1v) is 12.0. The molecule has 0 saturated heterocycles. The van der Waals surface area contributed by atoms with Crippen molar-refractivity contribution in [1.82, 2.24) is 0 Å². The summed E-state index contributed by atoms with van der Waals surface area (Å²) in [6.45, 7) is 0. The van der Waals surface area contributed by atoms with E-state index in [0.29, 0.717) is 16.5 Å². The summed E-state index contributed by atoms with van der Waals surface area (Å²) in [5, 5.41) is 11.2. The fourth-order valence-electron chi connectivity index (χ4n) is 3.05. The van der Waals surface area contributed by atoms with E-state index in [1.165, 1.54) is 30.3 Å². The van der Waals surface area contributed by atoms with Crippen LogP contribution in [0.4, 0.5) is 15.8 Å². The third kappa shape index (κ3) is 4.59. The minimum Gasteiger partial charge on any atom is -0.611 e. The SMILES string of the molecule is O=[N+]([O-])c1cccc(C[S+]([O-])c2ccc(F)cc2NS(=O)(=O)c2cc3ccccc3o2)c1. The van der Waals surface area contributed by atoms with E-state index < -0.39 is 31.9 Å². The maximum Gasteiger partial charge on any atom is 0.295 e. The summed E-state index contributed by atoms with van der Waals surface area (Å²) in [6, 6.07) is 16.8. The molecule has 1 atom stereocenters. The number of para-hydroxylation sites is 1. The van der Waals surface area contributed by atoms with E-state index in [0.717, 1.165) is 12.1 Å². The molecule has 0 bridgehead atoms. The van der Waals surface area contributed by atoms with Gasteiger partial charge in [0.1, 0.15) is 22.8 Å². The van der Waals surface area contributed by atoms with Gasteiger partial charge < -0.3 is 8.97 Å². The predicted octanol–water partition coefficient (Wildman–Crippen LogP) is 4.59. The number of nitrogens with one attached hydrogen (secondary N) is 1. The van der Waals surface area contributed by atoms with Gasteiger partial charge in [-0.05, 0) is 29.4 Å². The summed E-state index contributed by atoms with van der Waals surface area (Å²) >= 11 is -1.83. The van der Waals surface area contributed by atoms with Gasteiger partial charge in [0, 0.05) is 35.2 Å². The van der Waals surface area contributed by atoms with Crippen LogP contribution in [0.3, 0.4) is 0 Å². The molecule has 8 nitrogen and oxygen atoms in total. The second-order valence-corrected chi connectivity index (χ2v) is 9.80. The van der Waals surface area contributed by atoms with E-state index in [4.69, 9.17) is 4.42 Å². The Balaban J connectivity index is 1.64. The number of nitro groups is 1. The lowest BCUT2D eigenvalue weighted by Gasteiger charge is -2.15. The van der Waals surface area contributed by atoms with Crippen molar-refractivity contribution in [3.63, 3.8) is 0 Å². The molecule has 0 aliphatic rings. The number of nitro benzene ring substituents is 1. The highest BCUT2D eigenvalue weighted by Crippen LogP contribution is 2.30. The number of fused-ring (bicyclic) bond motifs is 1. The van der Waals surface area contributed by atoms with Crippen LogP contribution in [0.2, 0.25) is 0 Å². The average Bonchev–Trinajstić information content (AvgIpc) is 3.19. The minimum absolute atomic E-state index is 0.0255. The Morgan fingerprint density at radius 2 is 1.81 bits per heavy atom. The average molecular weight is 474 g/mol. The van der Waals surface area contributed by atoms with Gasteiger partial charge >= 0.3 is 0 Å². The standard InChI is InChI=1S/C21H15FN2O6S2/c22-16-8-9-20(31(27)13-14-4-3-6-17(10-14)24(25)26)18(12-16)23-32(28,29)21-11-15-5-1-2-7-19(15)30-21/h1-12,23H,13H2. The summed E-state index contributed by atoms with van der Waals surface area (Å²) in [5.41, 5.74) is 0.396. The zero-order valence-corrected chi connectivity index (χ0v) is 17.9. The zero-order chi connectivity index (χ0) is 22.9.